The third-order valence-electron chi connectivity index (χ3n) is 4.47. The van der Waals surface area contributed by atoms with Crippen molar-refractivity contribution in [3.8, 4) is 0 Å². The second kappa shape index (κ2) is 8.50. The maximum atomic E-state index is 12.7. The van der Waals surface area contributed by atoms with Crippen molar-refractivity contribution in [2.24, 2.45) is 5.92 Å². The van der Waals surface area contributed by atoms with Crippen molar-refractivity contribution in [2.45, 2.75) is 53.0 Å². The minimum absolute atomic E-state index is 0. The Hall–Kier alpha value is -1.33. The van der Waals surface area contributed by atoms with Crippen LogP contribution in [0.15, 0.2) is 0 Å². The fraction of sp³-hybridized carbons (Fsp3) is 0.647. The summed E-state index contributed by atoms with van der Waals surface area (Å²) in [4.78, 5) is 27.7. The number of carbonyl (C=O) groups excluding carboxylic acids is 2. The van der Waals surface area contributed by atoms with E-state index >= 15 is 0 Å². The van der Waals surface area contributed by atoms with Crippen molar-refractivity contribution >= 4 is 24.1 Å². The molecular formula is C17H28ClN3O2. The van der Waals surface area contributed by atoms with Gasteiger partial charge in [0.05, 0.1) is 0 Å². The molecule has 1 fully saturated rings. The second-order valence-corrected chi connectivity index (χ2v) is 6.33. The van der Waals surface area contributed by atoms with Crippen molar-refractivity contribution in [1.29, 1.82) is 0 Å². The van der Waals surface area contributed by atoms with Gasteiger partial charge in [0.15, 0.2) is 5.78 Å². The maximum Gasteiger partial charge on any atom is 0.268 e. The number of rotatable bonds is 5. The maximum absolute atomic E-state index is 12.7. The summed E-state index contributed by atoms with van der Waals surface area (Å²) in [6.07, 6.45) is 2.58. The van der Waals surface area contributed by atoms with Crippen molar-refractivity contribution in [1.82, 2.24) is 15.6 Å². The lowest BCUT2D eigenvalue weighted by atomic mass is 9.95. The Bertz CT molecular complexity index is 568. The quantitative estimate of drug-likeness (QED) is 0.721. The third-order valence-corrected chi connectivity index (χ3v) is 4.47. The number of ketones is 1. The molecule has 1 saturated heterocycles. The lowest BCUT2D eigenvalue weighted by Crippen LogP contribution is -2.48. The molecule has 1 aromatic rings. The van der Waals surface area contributed by atoms with Crippen LogP contribution < -0.4 is 10.6 Å². The van der Waals surface area contributed by atoms with Gasteiger partial charge in [-0.2, -0.15) is 0 Å². The minimum Gasteiger partial charge on any atom is -0.354 e. The first kappa shape index (κ1) is 19.7. The highest BCUT2D eigenvalue weighted by Gasteiger charge is 2.27. The second-order valence-electron chi connectivity index (χ2n) is 6.33. The lowest BCUT2D eigenvalue weighted by molar-refractivity contribution is 0.0908. The Morgan fingerprint density at radius 1 is 1.35 bits per heavy atom. The van der Waals surface area contributed by atoms with E-state index in [9.17, 15) is 9.59 Å². The van der Waals surface area contributed by atoms with E-state index in [2.05, 4.69) is 29.5 Å². The van der Waals surface area contributed by atoms with Crippen molar-refractivity contribution in [3.63, 3.8) is 0 Å². The number of Topliss-reactive ketones (excluding diaryl/α,β-unsaturated/α-hetero) is 1. The molecule has 1 aromatic heterocycles. The van der Waals surface area contributed by atoms with Crippen LogP contribution in [0.25, 0.3) is 0 Å². The first-order valence-electron chi connectivity index (χ1n) is 8.19. The monoisotopic (exact) mass is 341 g/mol. The summed E-state index contributed by atoms with van der Waals surface area (Å²) in [5, 5.41) is 6.48. The summed E-state index contributed by atoms with van der Waals surface area (Å²) in [6, 6.07) is 0.188. The highest BCUT2D eigenvalue weighted by atomic mass is 35.5. The molecule has 5 nitrogen and oxygen atoms in total. The molecule has 0 spiro atoms. The number of aryl methyl sites for hydroxylation is 1. The van der Waals surface area contributed by atoms with E-state index in [0.717, 1.165) is 43.6 Å². The van der Waals surface area contributed by atoms with Crippen LogP contribution in [0.2, 0.25) is 0 Å². The van der Waals surface area contributed by atoms with Gasteiger partial charge in [0.1, 0.15) is 5.69 Å². The zero-order valence-corrected chi connectivity index (χ0v) is 15.2. The average molecular weight is 342 g/mol. The zero-order chi connectivity index (χ0) is 16.3. The Morgan fingerprint density at radius 2 is 2.04 bits per heavy atom. The number of hydrogen-bond acceptors (Lipinski definition) is 3. The Labute approximate surface area is 144 Å². The van der Waals surface area contributed by atoms with Gasteiger partial charge in [-0.3, -0.25) is 9.59 Å². The molecule has 3 N–H and O–H groups in total. The molecule has 23 heavy (non-hydrogen) atoms. The van der Waals surface area contributed by atoms with Gasteiger partial charge in [-0.25, -0.2) is 0 Å². The van der Waals surface area contributed by atoms with Gasteiger partial charge in [-0.15, -0.1) is 12.4 Å². The number of halogens is 1. The molecule has 0 radical (unpaired) electrons. The van der Waals surface area contributed by atoms with Crippen molar-refractivity contribution in [2.75, 3.05) is 13.1 Å². The van der Waals surface area contributed by atoms with Gasteiger partial charge in [-0.1, -0.05) is 20.3 Å². The Morgan fingerprint density at radius 3 is 2.61 bits per heavy atom. The van der Waals surface area contributed by atoms with E-state index in [4.69, 9.17) is 0 Å². The molecule has 2 unspecified atom stereocenters. The van der Waals surface area contributed by atoms with Gasteiger partial charge in [0, 0.05) is 17.3 Å². The summed E-state index contributed by atoms with van der Waals surface area (Å²) >= 11 is 0. The highest BCUT2D eigenvalue weighted by molar-refractivity contribution is 6.02. The molecule has 1 amide bonds. The van der Waals surface area contributed by atoms with E-state index < -0.39 is 0 Å². The first-order valence-corrected chi connectivity index (χ1v) is 8.19. The molecule has 0 saturated carbocycles. The van der Waals surface area contributed by atoms with Gasteiger partial charge in [0.2, 0.25) is 0 Å². The molecule has 1 aliphatic rings. The number of carbonyl (C=O) groups is 2. The van der Waals surface area contributed by atoms with Crippen LogP contribution in [-0.4, -0.2) is 35.8 Å². The molecule has 2 heterocycles. The van der Waals surface area contributed by atoms with Gasteiger partial charge < -0.3 is 15.6 Å². The SMILES string of the molecule is CCCc1c(C(=O)NC2CCNCC2C)[nH]c(C)c1C(C)=O.Cl. The van der Waals surface area contributed by atoms with E-state index in [0.29, 0.717) is 17.2 Å². The van der Waals surface area contributed by atoms with Gasteiger partial charge in [0.25, 0.3) is 5.91 Å². The predicted octanol–water partition coefficient (Wildman–Crippen LogP) is 2.63. The van der Waals surface area contributed by atoms with Crippen LogP contribution in [0, 0.1) is 12.8 Å². The standard InChI is InChI=1S/C17H27N3O2.ClH/c1-5-6-13-15(12(4)21)11(3)19-16(13)17(22)20-14-7-8-18-9-10(14)2;/h10,14,18-19H,5-9H2,1-4H3,(H,20,22);1H. The molecule has 0 bridgehead atoms. The van der Waals surface area contributed by atoms with Crippen LogP contribution in [0.4, 0.5) is 0 Å². The smallest absolute Gasteiger partial charge is 0.268 e. The lowest BCUT2D eigenvalue weighted by Gasteiger charge is -2.30. The highest BCUT2D eigenvalue weighted by Crippen LogP contribution is 2.22. The predicted molar refractivity (Wildman–Crippen MR) is 94.7 cm³/mol. The molecule has 0 aromatic carbocycles. The Kier molecular flexibility index (Phi) is 7.29. The number of amides is 1. The normalized spacial score (nSPS) is 20.7. The largest absolute Gasteiger partial charge is 0.354 e. The summed E-state index contributed by atoms with van der Waals surface area (Å²) in [5.74, 6) is 0.347. The number of nitrogens with one attached hydrogen (secondary N) is 3. The molecule has 6 heteroatoms. The molecular weight excluding hydrogens is 314 g/mol. The molecule has 1 aliphatic heterocycles. The van der Waals surface area contributed by atoms with Gasteiger partial charge >= 0.3 is 0 Å². The summed E-state index contributed by atoms with van der Waals surface area (Å²) < 4.78 is 0. The first-order chi connectivity index (χ1) is 10.5. The summed E-state index contributed by atoms with van der Waals surface area (Å²) in [5.41, 5.74) is 2.91. The van der Waals surface area contributed by atoms with Crippen LogP contribution in [0.3, 0.4) is 0 Å². The molecule has 2 atom stereocenters. The fourth-order valence-corrected chi connectivity index (χ4v) is 3.32. The van der Waals surface area contributed by atoms with E-state index in [1.165, 1.54) is 0 Å². The van der Waals surface area contributed by atoms with Crippen LogP contribution in [0.5, 0.6) is 0 Å². The molecule has 130 valence electrons. The topological polar surface area (TPSA) is 74.0 Å². The fourth-order valence-electron chi connectivity index (χ4n) is 3.32. The van der Waals surface area contributed by atoms with Crippen LogP contribution in [0.1, 0.15) is 65.7 Å². The Balaban J connectivity index is 0.00000264. The summed E-state index contributed by atoms with van der Waals surface area (Å²) in [7, 11) is 0. The van der Waals surface area contributed by atoms with E-state index in [1.54, 1.807) is 6.92 Å². The number of H-pyrrole nitrogens is 1. The van der Waals surface area contributed by atoms with Gasteiger partial charge in [-0.05, 0) is 51.3 Å². The summed E-state index contributed by atoms with van der Waals surface area (Å²) in [6.45, 7) is 9.48. The average Bonchev–Trinajstić information content (AvgIpc) is 2.78. The number of hydrogen-bond donors (Lipinski definition) is 3. The van der Waals surface area contributed by atoms with E-state index in [1.807, 2.05) is 6.92 Å². The van der Waals surface area contributed by atoms with Crippen LogP contribution in [-0.2, 0) is 6.42 Å². The van der Waals surface area contributed by atoms with Crippen LogP contribution >= 0.6 is 12.4 Å². The minimum atomic E-state index is -0.0854. The number of piperidine rings is 1. The van der Waals surface area contributed by atoms with E-state index in [-0.39, 0.29) is 30.1 Å². The molecule has 0 aliphatic carbocycles. The third kappa shape index (κ3) is 4.36. The zero-order valence-electron chi connectivity index (χ0n) is 14.4. The number of aromatic nitrogens is 1. The number of aromatic amines is 1. The molecule has 2 rings (SSSR count). The van der Waals surface area contributed by atoms with Crippen molar-refractivity contribution in [3.05, 3.63) is 22.5 Å². The van der Waals surface area contributed by atoms with Crippen molar-refractivity contribution < 1.29 is 9.59 Å².